The molecule has 0 heterocycles. The van der Waals surface area contributed by atoms with E-state index in [9.17, 15) is 4.79 Å². The highest BCUT2D eigenvalue weighted by Gasteiger charge is 2.45. The highest BCUT2D eigenvalue weighted by molar-refractivity contribution is 7.59. The van der Waals surface area contributed by atoms with Crippen LogP contribution in [0.3, 0.4) is 0 Å². The van der Waals surface area contributed by atoms with E-state index < -0.39 is 0 Å². The van der Waals surface area contributed by atoms with Gasteiger partial charge in [0.2, 0.25) is 0 Å². The van der Waals surface area contributed by atoms with Gasteiger partial charge in [-0.15, -0.1) is 0 Å². The standard InChI is InChI=1S/C10H16O2.S/c1-12-9(11)8-2-4-10(5-3-8)6-7-10;/h8H,2-7H2,1H3;. The van der Waals surface area contributed by atoms with Crippen molar-refractivity contribution in [2.45, 2.75) is 38.5 Å². The van der Waals surface area contributed by atoms with Gasteiger partial charge in [-0.2, -0.15) is 0 Å². The first-order valence-electron chi connectivity index (χ1n) is 4.84. The van der Waals surface area contributed by atoms with Crippen LogP contribution in [-0.2, 0) is 9.53 Å². The van der Waals surface area contributed by atoms with Gasteiger partial charge in [0, 0.05) is 13.5 Å². The Bertz CT molecular complexity index is 189. The van der Waals surface area contributed by atoms with Crippen LogP contribution < -0.4 is 0 Å². The second-order valence-electron chi connectivity index (χ2n) is 4.30. The number of ether oxygens (including phenoxy) is 1. The van der Waals surface area contributed by atoms with Crippen molar-refractivity contribution < 1.29 is 9.53 Å². The van der Waals surface area contributed by atoms with Gasteiger partial charge in [0.15, 0.2) is 0 Å². The summed E-state index contributed by atoms with van der Waals surface area (Å²) < 4.78 is 4.74. The normalized spacial score (nSPS) is 25.0. The quantitative estimate of drug-likeness (QED) is 0.608. The molecule has 0 aromatic rings. The molecule has 0 bridgehead atoms. The van der Waals surface area contributed by atoms with Gasteiger partial charge in [-0.05, 0) is 43.9 Å². The molecular formula is C10H16O2S. The van der Waals surface area contributed by atoms with E-state index in [1.54, 1.807) is 0 Å². The zero-order chi connectivity index (χ0) is 8.60. The molecule has 0 atom stereocenters. The van der Waals surface area contributed by atoms with Crippen LogP contribution in [0.4, 0.5) is 0 Å². The molecule has 0 amide bonds. The second kappa shape index (κ2) is 3.91. The van der Waals surface area contributed by atoms with Gasteiger partial charge in [0.1, 0.15) is 0 Å². The Kier molecular flexibility index (Phi) is 3.28. The van der Waals surface area contributed by atoms with E-state index in [0.717, 1.165) is 12.8 Å². The van der Waals surface area contributed by atoms with Crippen molar-refractivity contribution in [3.05, 3.63) is 0 Å². The Morgan fingerprint density at radius 3 is 2.15 bits per heavy atom. The van der Waals surface area contributed by atoms with E-state index in [1.807, 2.05) is 0 Å². The van der Waals surface area contributed by atoms with Gasteiger partial charge in [0.25, 0.3) is 0 Å². The summed E-state index contributed by atoms with van der Waals surface area (Å²) in [6, 6.07) is 0. The number of carbonyl (C=O) groups is 1. The van der Waals surface area contributed by atoms with Crippen LogP contribution in [0.25, 0.3) is 0 Å². The maximum atomic E-state index is 11.2. The van der Waals surface area contributed by atoms with E-state index in [-0.39, 0.29) is 25.4 Å². The zero-order valence-corrected chi connectivity index (χ0v) is 8.86. The molecule has 3 heteroatoms. The Hall–Kier alpha value is -0.180. The van der Waals surface area contributed by atoms with Crippen LogP contribution in [-0.4, -0.2) is 13.1 Å². The minimum Gasteiger partial charge on any atom is -0.469 e. The Morgan fingerprint density at radius 1 is 1.23 bits per heavy atom. The summed E-state index contributed by atoms with van der Waals surface area (Å²) in [6.07, 6.45) is 7.45. The first-order valence-corrected chi connectivity index (χ1v) is 4.84. The number of rotatable bonds is 1. The molecule has 2 aliphatic rings. The molecule has 13 heavy (non-hydrogen) atoms. The number of carbonyl (C=O) groups excluding carboxylic acids is 1. The third kappa shape index (κ3) is 2.19. The van der Waals surface area contributed by atoms with Gasteiger partial charge >= 0.3 is 5.97 Å². The van der Waals surface area contributed by atoms with E-state index in [4.69, 9.17) is 4.74 Å². The highest BCUT2D eigenvalue weighted by atomic mass is 32.1. The van der Waals surface area contributed by atoms with Crippen LogP contribution in [0.15, 0.2) is 0 Å². The third-order valence-corrected chi connectivity index (χ3v) is 3.54. The molecule has 0 N–H and O–H groups in total. The molecule has 0 aromatic carbocycles. The fourth-order valence-corrected chi connectivity index (χ4v) is 2.31. The lowest BCUT2D eigenvalue weighted by atomic mass is 9.80. The van der Waals surface area contributed by atoms with E-state index >= 15 is 0 Å². The van der Waals surface area contributed by atoms with Gasteiger partial charge in [-0.3, -0.25) is 4.79 Å². The predicted molar refractivity (Wildman–Crippen MR) is 53.2 cm³/mol. The number of esters is 1. The lowest BCUT2D eigenvalue weighted by Gasteiger charge is -2.26. The van der Waals surface area contributed by atoms with E-state index in [1.165, 1.54) is 32.8 Å². The second-order valence-corrected chi connectivity index (χ2v) is 4.30. The summed E-state index contributed by atoms with van der Waals surface area (Å²) in [5, 5.41) is 0. The molecule has 2 nitrogen and oxygen atoms in total. The largest absolute Gasteiger partial charge is 0.469 e. The Labute approximate surface area is 86.5 Å². The molecule has 2 fully saturated rings. The average molecular weight is 200 g/mol. The minimum atomic E-state index is 0. The predicted octanol–water partition coefficient (Wildman–Crippen LogP) is 2.78. The molecule has 0 aliphatic heterocycles. The minimum absolute atomic E-state index is 0. The monoisotopic (exact) mass is 200 g/mol. The van der Waals surface area contributed by atoms with Crippen LogP contribution in [0, 0.1) is 11.3 Å². The van der Waals surface area contributed by atoms with Crippen LogP contribution in [0.5, 0.6) is 0 Å². The summed E-state index contributed by atoms with van der Waals surface area (Å²) in [4.78, 5) is 11.2. The van der Waals surface area contributed by atoms with Crippen molar-refractivity contribution >= 4 is 19.5 Å². The molecule has 0 saturated heterocycles. The van der Waals surface area contributed by atoms with Gasteiger partial charge in [-0.25, -0.2) is 0 Å². The maximum Gasteiger partial charge on any atom is 0.308 e. The van der Waals surface area contributed by atoms with Crippen LogP contribution >= 0.6 is 13.5 Å². The smallest absolute Gasteiger partial charge is 0.308 e. The number of hydrogen-bond donors (Lipinski definition) is 0. The molecule has 2 radical (unpaired) electrons. The van der Waals surface area contributed by atoms with Crippen molar-refractivity contribution in [2.75, 3.05) is 7.11 Å². The van der Waals surface area contributed by atoms with Gasteiger partial charge in [0.05, 0.1) is 13.0 Å². The first kappa shape index (κ1) is 10.9. The molecule has 2 saturated carbocycles. The SMILES string of the molecule is COC(=O)C1CCC2(CC1)CC2.[S]. The van der Waals surface area contributed by atoms with Gasteiger partial charge < -0.3 is 4.74 Å². The first-order chi connectivity index (χ1) is 5.76. The molecule has 2 rings (SSSR count). The van der Waals surface area contributed by atoms with E-state index in [2.05, 4.69) is 0 Å². The average Bonchev–Trinajstić information content (AvgIpc) is 2.85. The Morgan fingerprint density at radius 2 is 1.77 bits per heavy atom. The van der Waals surface area contributed by atoms with Gasteiger partial charge in [-0.1, -0.05) is 0 Å². The molecule has 0 aromatic heterocycles. The molecule has 74 valence electrons. The van der Waals surface area contributed by atoms with Crippen molar-refractivity contribution in [3.63, 3.8) is 0 Å². The van der Waals surface area contributed by atoms with Crippen molar-refractivity contribution in [2.24, 2.45) is 11.3 Å². The Balaban J connectivity index is 0.000000845. The molecule has 1 spiro atoms. The molecule has 0 unspecified atom stereocenters. The highest BCUT2D eigenvalue weighted by Crippen LogP contribution is 2.57. The van der Waals surface area contributed by atoms with Crippen molar-refractivity contribution in [3.8, 4) is 0 Å². The maximum absolute atomic E-state index is 11.2. The lowest BCUT2D eigenvalue weighted by molar-refractivity contribution is -0.146. The van der Waals surface area contributed by atoms with Crippen LogP contribution in [0.1, 0.15) is 38.5 Å². The third-order valence-electron chi connectivity index (χ3n) is 3.54. The fourth-order valence-electron chi connectivity index (χ4n) is 2.31. The number of methoxy groups -OCH3 is 1. The van der Waals surface area contributed by atoms with E-state index in [0.29, 0.717) is 5.41 Å². The summed E-state index contributed by atoms with van der Waals surface area (Å²) >= 11 is 0. The zero-order valence-electron chi connectivity index (χ0n) is 8.04. The fraction of sp³-hybridized carbons (Fsp3) is 0.900. The number of hydrogen-bond acceptors (Lipinski definition) is 2. The van der Waals surface area contributed by atoms with Crippen molar-refractivity contribution in [1.82, 2.24) is 0 Å². The summed E-state index contributed by atoms with van der Waals surface area (Å²) in [6.45, 7) is 0. The summed E-state index contributed by atoms with van der Waals surface area (Å²) in [5.41, 5.74) is 0.685. The topological polar surface area (TPSA) is 26.3 Å². The summed E-state index contributed by atoms with van der Waals surface area (Å²) in [5.74, 6) is 0.215. The molecule has 2 aliphatic carbocycles. The lowest BCUT2D eigenvalue weighted by Crippen LogP contribution is -2.23. The summed E-state index contributed by atoms with van der Waals surface area (Å²) in [7, 11) is 1.49. The molecular weight excluding hydrogens is 184 g/mol. The van der Waals surface area contributed by atoms with Crippen molar-refractivity contribution in [1.29, 1.82) is 0 Å². The van der Waals surface area contributed by atoms with Crippen LogP contribution in [0.2, 0.25) is 0 Å².